The van der Waals surface area contributed by atoms with Crippen LogP contribution in [0.25, 0.3) is 16.5 Å². The number of pyridine rings is 1. The summed E-state index contributed by atoms with van der Waals surface area (Å²) in [4.78, 5) is 48.5. The Hall–Kier alpha value is -5.25. The first kappa shape index (κ1) is 31.7. The molecule has 6 rings (SSSR count). The molecule has 1 aliphatic heterocycles. The van der Waals surface area contributed by atoms with Crippen LogP contribution in [0.15, 0.2) is 120 Å². The van der Waals surface area contributed by atoms with Gasteiger partial charge in [0.15, 0.2) is 0 Å². The second kappa shape index (κ2) is 14.9. The van der Waals surface area contributed by atoms with Gasteiger partial charge in [-0.1, -0.05) is 104 Å². The number of fused-ring (bicyclic) bond motifs is 1. The van der Waals surface area contributed by atoms with Crippen molar-refractivity contribution < 1.29 is 19.2 Å². The number of hydroxylamine groups is 2. The monoisotopic (exact) mass is 630 g/mol. The summed E-state index contributed by atoms with van der Waals surface area (Å²) in [6.07, 6.45) is -0.0468. The minimum Gasteiger partial charge on any atom is -0.428 e. The molecule has 47 heavy (non-hydrogen) atoms. The Morgan fingerprint density at radius 1 is 0.766 bits per heavy atom. The normalized spacial score (nSPS) is 14.4. The summed E-state index contributed by atoms with van der Waals surface area (Å²) in [5, 5.41) is 5.95. The number of hydrogen-bond donors (Lipinski definition) is 1. The van der Waals surface area contributed by atoms with Crippen LogP contribution in [0.5, 0.6) is 0 Å². The van der Waals surface area contributed by atoms with Gasteiger partial charge in [-0.2, -0.15) is 0 Å². The number of benzene rings is 4. The minimum absolute atomic E-state index is 0.132. The molecular weight excluding hydrogens is 592 g/mol. The van der Waals surface area contributed by atoms with Gasteiger partial charge >= 0.3 is 6.16 Å². The van der Waals surface area contributed by atoms with Gasteiger partial charge in [0.05, 0.1) is 17.3 Å². The third kappa shape index (κ3) is 7.43. The van der Waals surface area contributed by atoms with Gasteiger partial charge in [-0.3, -0.25) is 19.1 Å². The summed E-state index contributed by atoms with van der Waals surface area (Å²) in [7, 11) is 0. The average molecular weight is 631 g/mol. The molecule has 240 valence electrons. The lowest BCUT2D eigenvalue weighted by molar-refractivity contribution is -0.148. The van der Waals surface area contributed by atoms with E-state index >= 15 is 0 Å². The average Bonchev–Trinajstić information content (AvgIpc) is 3.12. The Morgan fingerprint density at radius 3 is 2.02 bits per heavy atom. The van der Waals surface area contributed by atoms with E-state index in [9.17, 15) is 14.4 Å². The van der Waals surface area contributed by atoms with E-state index in [0.29, 0.717) is 66.9 Å². The molecule has 0 aliphatic carbocycles. The molecule has 9 heteroatoms. The first-order valence-corrected chi connectivity index (χ1v) is 16.0. The highest BCUT2D eigenvalue weighted by Crippen LogP contribution is 2.26. The molecule has 0 spiro atoms. The van der Waals surface area contributed by atoms with Crippen LogP contribution < -0.4 is 10.9 Å². The predicted molar refractivity (Wildman–Crippen MR) is 181 cm³/mol. The van der Waals surface area contributed by atoms with E-state index in [1.807, 2.05) is 116 Å². The fraction of sp³-hybridized carbons (Fsp3) is 0.237. The third-order valence-corrected chi connectivity index (χ3v) is 8.45. The number of piperazine rings is 1. The number of ether oxygens (including phenoxy) is 1. The molecule has 5 aromatic rings. The van der Waals surface area contributed by atoms with E-state index < -0.39 is 6.16 Å². The van der Waals surface area contributed by atoms with E-state index in [2.05, 4.69) is 10.2 Å². The molecule has 1 saturated heterocycles. The van der Waals surface area contributed by atoms with Gasteiger partial charge < -0.3 is 14.9 Å². The number of carbonyl (C=O) groups excluding carboxylic acids is 2. The van der Waals surface area contributed by atoms with Gasteiger partial charge in [-0.15, -0.1) is 5.06 Å². The number of rotatable bonds is 10. The van der Waals surface area contributed by atoms with Crippen molar-refractivity contribution in [3.05, 3.63) is 148 Å². The Morgan fingerprint density at radius 2 is 1.36 bits per heavy atom. The number of amides is 1. The van der Waals surface area contributed by atoms with E-state index in [-0.39, 0.29) is 24.1 Å². The van der Waals surface area contributed by atoms with E-state index in [1.165, 1.54) is 0 Å². The van der Waals surface area contributed by atoms with Gasteiger partial charge in [-0.25, -0.2) is 4.79 Å². The summed E-state index contributed by atoms with van der Waals surface area (Å²) in [5.41, 5.74) is 3.48. The largest absolute Gasteiger partial charge is 0.528 e. The van der Waals surface area contributed by atoms with Gasteiger partial charge in [0.25, 0.3) is 11.5 Å². The van der Waals surface area contributed by atoms with Crippen LogP contribution in [-0.4, -0.2) is 52.8 Å². The van der Waals surface area contributed by atoms with Crippen LogP contribution in [0.4, 0.5) is 4.79 Å². The first-order valence-electron chi connectivity index (χ1n) is 16.0. The van der Waals surface area contributed by atoms with Crippen molar-refractivity contribution in [2.75, 3.05) is 26.2 Å². The van der Waals surface area contributed by atoms with Gasteiger partial charge in [-0.05, 0) is 35.7 Å². The molecule has 1 aliphatic rings. The molecule has 0 radical (unpaired) electrons. The molecule has 1 aromatic heterocycles. The molecule has 1 fully saturated rings. The van der Waals surface area contributed by atoms with Crippen molar-refractivity contribution in [2.24, 2.45) is 0 Å². The molecule has 2 heterocycles. The molecule has 4 aromatic carbocycles. The third-order valence-electron chi connectivity index (χ3n) is 8.45. The van der Waals surface area contributed by atoms with Gasteiger partial charge in [0.2, 0.25) is 0 Å². The zero-order valence-corrected chi connectivity index (χ0v) is 26.4. The van der Waals surface area contributed by atoms with Crippen LogP contribution in [0.2, 0.25) is 0 Å². The molecule has 0 unspecified atom stereocenters. The molecule has 0 saturated carbocycles. The summed E-state index contributed by atoms with van der Waals surface area (Å²) < 4.78 is 6.96. The maximum Gasteiger partial charge on any atom is 0.528 e. The smallest absolute Gasteiger partial charge is 0.428 e. The Kier molecular flexibility index (Phi) is 10.1. The fourth-order valence-corrected chi connectivity index (χ4v) is 6.03. The topological polar surface area (TPSA) is 93.1 Å². The first-order chi connectivity index (χ1) is 23.0. The van der Waals surface area contributed by atoms with Gasteiger partial charge in [0.1, 0.15) is 6.61 Å². The molecule has 0 bridgehead atoms. The summed E-state index contributed by atoms with van der Waals surface area (Å²) in [6, 6.07) is 35.9. The molecular formula is C38H38N4O5. The Balaban J connectivity index is 1.28. The predicted octanol–water partition coefficient (Wildman–Crippen LogP) is 6.26. The second-order valence-electron chi connectivity index (χ2n) is 11.5. The van der Waals surface area contributed by atoms with Gasteiger partial charge in [0, 0.05) is 49.2 Å². The SMILES string of the molecule is CC[C@H](NC(=O)c1c(CN2CCN(OC(=O)OCc3ccccc3)CC2)n(-c2ccccc2)c(=O)c2ccccc12)c1ccccc1. The second-order valence-corrected chi connectivity index (χ2v) is 11.5. The molecule has 1 N–H and O–H groups in total. The van der Waals surface area contributed by atoms with Crippen LogP contribution >= 0.6 is 0 Å². The zero-order valence-electron chi connectivity index (χ0n) is 26.4. The lowest BCUT2D eigenvalue weighted by Gasteiger charge is -2.34. The number of carbonyl (C=O) groups is 2. The van der Waals surface area contributed by atoms with Crippen LogP contribution in [-0.2, 0) is 22.7 Å². The minimum atomic E-state index is -0.752. The zero-order chi connectivity index (χ0) is 32.6. The number of nitrogens with one attached hydrogen (secondary N) is 1. The van der Waals surface area contributed by atoms with Crippen molar-refractivity contribution in [2.45, 2.75) is 32.5 Å². The Labute approximate surface area is 273 Å². The Bertz CT molecular complexity index is 1870. The number of para-hydroxylation sites is 1. The van der Waals surface area contributed by atoms with E-state index in [1.54, 1.807) is 15.7 Å². The molecule has 1 amide bonds. The number of hydrogen-bond acceptors (Lipinski definition) is 7. The highest BCUT2D eigenvalue weighted by atomic mass is 16.8. The van der Waals surface area contributed by atoms with Crippen molar-refractivity contribution in [3.8, 4) is 5.69 Å². The van der Waals surface area contributed by atoms with Crippen molar-refractivity contribution in [1.82, 2.24) is 19.8 Å². The standard InChI is InChI=1S/C38H38N4O5/c1-2-33(29-16-8-4-9-17-29)39-36(43)35-31-20-12-13-21-32(31)37(44)42(30-18-10-5-11-19-30)34(35)26-40-22-24-41(25-23-40)47-38(45)46-27-28-14-6-3-7-15-28/h3-21,33H,2,22-27H2,1H3,(H,39,43)/t33-/m0/s1. The maximum atomic E-state index is 14.4. The quantitative estimate of drug-likeness (QED) is 0.182. The maximum absolute atomic E-state index is 14.4. The lowest BCUT2D eigenvalue weighted by Crippen LogP contribution is -2.47. The highest BCUT2D eigenvalue weighted by Gasteiger charge is 2.28. The van der Waals surface area contributed by atoms with Crippen LogP contribution in [0, 0.1) is 0 Å². The summed E-state index contributed by atoms with van der Waals surface area (Å²) in [6.45, 7) is 4.49. The number of aromatic nitrogens is 1. The summed E-state index contributed by atoms with van der Waals surface area (Å²) >= 11 is 0. The van der Waals surface area contributed by atoms with E-state index in [4.69, 9.17) is 9.57 Å². The highest BCUT2D eigenvalue weighted by molar-refractivity contribution is 6.08. The van der Waals surface area contributed by atoms with Crippen LogP contribution in [0.1, 0.15) is 46.6 Å². The lowest BCUT2D eigenvalue weighted by atomic mass is 9.99. The van der Waals surface area contributed by atoms with Crippen molar-refractivity contribution in [1.29, 1.82) is 0 Å². The summed E-state index contributed by atoms with van der Waals surface area (Å²) in [5.74, 6) is -0.236. The van der Waals surface area contributed by atoms with Crippen molar-refractivity contribution in [3.63, 3.8) is 0 Å². The van der Waals surface area contributed by atoms with E-state index in [0.717, 1.165) is 11.1 Å². The fourth-order valence-electron chi connectivity index (χ4n) is 6.03. The molecule has 9 nitrogen and oxygen atoms in total. The number of nitrogens with zero attached hydrogens (tertiary/aromatic N) is 3. The van der Waals surface area contributed by atoms with Crippen molar-refractivity contribution >= 4 is 22.8 Å². The molecule has 1 atom stereocenters. The van der Waals surface area contributed by atoms with Crippen LogP contribution in [0.3, 0.4) is 0 Å².